The predicted molar refractivity (Wildman–Crippen MR) is 116 cm³/mol. The third-order valence-corrected chi connectivity index (χ3v) is 6.44. The van der Waals surface area contributed by atoms with Gasteiger partial charge in [0.15, 0.2) is 5.78 Å². The van der Waals surface area contributed by atoms with Gasteiger partial charge in [-0.15, -0.1) is 0 Å². The maximum Gasteiger partial charge on any atom is 0.194 e. The quantitative estimate of drug-likeness (QED) is 0.517. The van der Waals surface area contributed by atoms with Crippen LogP contribution in [0.2, 0.25) is 0 Å². The SMILES string of the molecule is CC1(C)/C(=C/C=C2\C(=O)c3ccccc3C2=C(C#N)C#N)N2CCc3cccc1c32. The van der Waals surface area contributed by atoms with Crippen molar-refractivity contribution in [1.82, 2.24) is 0 Å². The molecule has 0 amide bonds. The smallest absolute Gasteiger partial charge is 0.194 e. The molecular weight excluding hydrogens is 370 g/mol. The number of carbonyl (C=O) groups is 1. The summed E-state index contributed by atoms with van der Waals surface area (Å²) in [7, 11) is 0. The van der Waals surface area contributed by atoms with Crippen LogP contribution in [0.3, 0.4) is 0 Å². The summed E-state index contributed by atoms with van der Waals surface area (Å²) in [6.45, 7) is 5.32. The van der Waals surface area contributed by atoms with E-state index < -0.39 is 0 Å². The highest BCUT2D eigenvalue weighted by Gasteiger charge is 2.43. The van der Waals surface area contributed by atoms with Crippen molar-refractivity contribution in [1.29, 1.82) is 10.5 Å². The molecule has 2 aromatic rings. The lowest BCUT2D eigenvalue weighted by atomic mass is 9.82. The van der Waals surface area contributed by atoms with Gasteiger partial charge in [0.25, 0.3) is 0 Å². The molecule has 5 rings (SSSR count). The maximum atomic E-state index is 13.1. The van der Waals surface area contributed by atoms with Gasteiger partial charge < -0.3 is 4.90 Å². The zero-order chi connectivity index (χ0) is 21.0. The molecule has 0 saturated carbocycles. The number of allylic oxidation sites excluding steroid dienone is 6. The number of ketones is 1. The standard InChI is InChI=1S/C26H19N3O/c1-26(2)21-9-5-6-16-12-13-29(24(16)21)22(26)11-10-20-23(17(14-27)15-28)18-7-3-4-8-19(18)25(20)30/h3-11H,12-13H2,1-2H3/b20-10-,22-11-. The molecule has 3 aliphatic rings. The van der Waals surface area contributed by atoms with Gasteiger partial charge in [-0.05, 0) is 35.3 Å². The van der Waals surface area contributed by atoms with E-state index in [2.05, 4.69) is 36.9 Å². The van der Waals surface area contributed by atoms with E-state index in [4.69, 9.17) is 0 Å². The minimum atomic E-state index is -0.186. The Morgan fingerprint density at radius 1 is 1.03 bits per heavy atom. The first-order chi connectivity index (χ1) is 14.5. The first-order valence-corrected chi connectivity index (χ1v) is 10.0. The monoisotopic (exact) mass is 389 g/mol. The van der Waals surface area contributed by atoms with Crippen molar-refractivity contribution >= 4 is 17.0 Å². The molecule has 1 aliphatic carbocycles. The molecule has 4 heteroatoms. The van der Waals surface area contributed by atoms with Crippen molar-refractivity contribution in [2.45, 2.75) is 25.7 Å². The third-order valence-electron chi connectivity index (χ3n) is 6.44. The Morgan fingerprint density at radius 2 is 1.77 bits per heavy atom. The summed E-state index contributed by atoms with van der Waals surface area (Å²) in [6.07, 6.45) is 4.81. The van der Waals surface area contributed by atoms with Gasteiger partial charge in [-0.25, -0.2) is 0 Å². The largest absolute Gasteiger partial charge is 0.343 e. The number of para-hydroxylation sites is 1. The fourth-order valence-electron chi connectivity index (χ4n) is 5.01. The zero-order valence-corrected chi connectivity index (χ0v) is 16.9. The number of carbonyl (C=O) groups excluding carboxylic acids is 1. The second-order valence-corrected chi connectivity index (χ2v) is 8.32. The maximum absolute atomic E-state index is 13.1. The molecule has 0 fully saturated rings. The second kappa shape index (κ2) is 6.31. The summed E-state index contributed by atoms with van der Waals surface area (Å²) in [5, 5.41) is 19.0. The lowest BCUT2D eigenvalue weighted by molar-refractivity contribution is 0.104. The average Bonchev–Trinajstić information content (AvgIpc) is 3.36. The molecule has 0 spiro atoms. The number of anilines is 1. The Balaban J connectivity index is 1.69. The molecule has 144 valence electrons. The molecule has 2 aliphatic heterocycles. The van der Waals surface area contributed by atoms with Crippen LogP contribution in [0.5, 0.6) is 0 Å². The molecule has 0 saturated heterocycles. The van der Waals surface area contributed by atoms with Crippen LogP contribution in [0.25, 0.3) is 5.57 Å². The van der Waals surface area contributed by atoms with Crippen LogP contribution in [0.15, 0.2) is 71.5 Å². The Morgan fingerprint density at radius 3 is 2.50 bits per heavy atom. The minimum absolute atomic E-state index is 0.0321. The highest BCUT2D eigenvalue weighted by atomic mass is 16.1. The minimum Gasteiger partial charge on any atom is -0.343 e. The molecular formula is C26H19N3O. The van der Waals surface area contributed by atoms with Gasteiger partial charge >= 0.3 is 0 Å². The molecule has 4 nitrogen and oxygen atoms in total. The number of Topliss-reactive ketones (excluding diaryl/α,β-unsaturated/α-hetero) is 1. The highest BCUT2D eigenvalue weighted by molar-refractivity contribution is 6.27. The number of nitriles is 2. The molecule has 2 aromatic carbocycles. The number of benzene rings is 2. The van der Waals surface area contributed by atoms with E-state index in [0.717, 1.165) is 18.7 Å². The molecule has 0 aromatic heterocycles. The van der Waals surface area contributed by atoms with E-state index in [-0.39, 0.29) is 16.8 Å². The molecule has 0 bridgehead atoms. The fourth-order valence-corrected chi connectivity index (χ4v) is 5.01. The van der Waals surface area contributed by atoms with E-state index in [1.807, 2.05) is 24.3 Å². The summed E-state index contributed by atoms with van der Waals surface area (Å²) in [4.78, 5) is 15.5. The second-order valence-electron chi connectivity index (χ2n) is 8.32. The molecule has 2 heterocycles. The predicted octanol–water partition coefficient (Wildman–Crippen LogP) is 4.85. The lowest BCUT2D eigenvalue weighted by Crippen LogP contribution is -2.25. The van der Waals surface area contributed by atoms with E-state index >= 15 is 0 Å². The molecule has 30 heavy (non-hydrogen) atoms. The van der Waals surface area contributed by atoms with E-state index in [1.54, 1.807) is 24.3 Å². The van der Waals surface area contributed by atoms with Gasteiger partial charge in [-0.3, -0.25) is 4.79 Å². The van der Waals surface area contributed by atoms with E-state index in [0.29, 0.717) is 22.3 Å². The summed E-state index contributed by atoms with van der Waals surface area (Å²) < 4.78 is 0. The van der Waals surface area contributed by atoms with Crippen LogP contribution in [-0.4, -0.2) is 12.3 Å². The van der Waals surface area contributed by atoms with Crippen molar-refractivity contribution in [2.75, 3.05) is 11.4 Å². The Hall–Kier alpha value is -3.89. The number of hydrogen-bond acceptors (Lipinski definition) is 4. The highest BCUT2D eigenvalue weighted by Crippen LogP contribution is 2.52. The molecule has 0 atom stereocenters. The third kappa shape index (κ3) is 2.28. The molecule has 0 radical (unpaired) electrons. The van der Waals surface area contributed by atoms with Gasteiger partial charge in [0.2, 0.25) is 0 Å². The number of rotatable bonds is 1. The number of nitrogens with zero attached hydrogens (tertiary/aromatic N) is 3. The van der Waals surface area contributed by atoms with Crippen molar-refractivity contribution < 1.29 is 4.79 Å². The van der Waals surface area contributed by atoms with Gasteiger partial charge in [-0.2, -0.15) is 10.5 Å². The van der Waals surface area contributed by atoms with Gasteiger partial charge in [0, 0.05) is 40.1 Å². The summed E-state index contributed by atoms with van der Waals surface area (Å²) in [5.74, 6) is -0.143. The average molecular weight is 389 g/mol. The normalized spacial score (nSPS) is 20.3. The van der Waals surface area contributed by atoms with Gasteiger partial charge in [0.05, 0.1) is 0 Å². The van der Waals surface area contributed by atoms with Crippen LogP contribution in [-0.2, 0) is 11.8 Å². The van der Waals surface area contributed by atoms with Crippen LogP contribution in [0, 0.1) is 22.7 Å². The molecule has 0 unspecified atom stereocenters. The first-order valence-electron chi connectivity index (χ1n) is 10.0. The van der Waals surface area contributed by atoms with Crippen molar-refractivity contribution in [3.05, 3.63) is 93.7 Å². The number of fused-ring (bicyclic) bond motifs is 1. The summed E-state index contributed by atoms with van der Waals surface area (Å²) in [6, 6.07) is 17.6. The van der Waals surface area contributed by atoms with Crippen LogP contribution < -0.4 is 4.90 Å². The zero-order valence-electron chi connectivity index (χ0n) is 16.9. The van der Waals surface area contributed by atoms with Crippen molar-refractivity contribution in [2.24, 2.45) is 0 Å². The lowest BCUT2D eigenvalue weighted by Gasteiger charge is -2.25. The Bertz CT molecular complexity index is 1290. The molecule has 0 N–H and O–H groups in total. The summed E-state index contributed by atoms with van der Waals surface area (Å²) in [5.41, 5.74) is 6.91. The topological polar surface area (TPSA) is 67.9 Å². The van der Waals surface area contributed by atoms with Crippen molar-refractivity contribution in [3.8, 4) is 12.1 Å². The van der Waals surface area contributed by atoms with Crippen molar-refractivity contribution in [3.63, 3.8) is 0 Å². The Labute approximate surface area is 175 Å². The first kappa shape index (κ1) is 18.2. The van der Waals surface area contributed by atoms with E-state index in [1.165, 1.54) is 16.8 Å². The van der Waals surface area contributed by atoms with Crippen LogP contribution in [0.1, 0.15) is 40.9 Å². The van der Waals surface area contributed by atoms with Crippen LogP contribution in [0.4, 0.5) is 5.69 Å². The van der Waals surface area contributed by atoms with E-state index in [9.17, 15) is 15.3 Å². The van der Waals surface area contributed by atoms with Crippen LogP contribution >= 0.6 is 0 Å². The Kier molecular flexibility index (Phi) is 3.82. The van der Waals surface area contributed by atoms with Gasteiger partial charge in [-0.1, -0.05) is 56.3 Å². The number of hydrogen-bond donors (Lipinski definition) is 0. The fraction of sp³-hybridized carbons (Fsp3) is 0.192. The summed E-state index contributed by atoms with van der Waals surface area (Å²) >= 11 is 0. The van der Waals surface area contributed by atoms with Gasteiger partial charge in [0.1, 0.15) is 17.7 Å².